The highest BCUT2D eigenvalue weighted by atomic mass is 35.5. The number of anilines is 1. The van der Waals surface area contributed by atoms with Crippen molar-refractivity contribution in [3.8, 4) is 0 Å². The molecule has 0 saturated carbocycles. The summed E-state index contributed by atoms with van der Waals surface area (Å²) in [4.78, 5) is 46.9. The van der Waals surface area contributed by atoms with E-state index in [9.17, 15) is 9.59 Å². The molecular formula is C21H21ClN8O2. The highest BCUT2D eigenvalue weighted by Gasteiger charge is 2.49. The molecule has 3 aliphatic heterocycles. The van der Waals surface area contributed by atoms with Gasteiger partial charge in [-0.2, -0.15) is 0 Å². The van der Waals surface area contributed by atoms with Gasteiger partial charge in [-0.05, 0) is 31.9 Å². The Hall–Kier alpha value is -3.37. The van der Waals surface area contributed by atoms with E-state index < -0.39 is 11.0 Å². The zero-order valence-electron chi connectivity index (χ0n) is 17.6. The molecule has 0 aromatic carbocycles. The van der Waals surface area contributed by atoms with Crippen LogP contribution < -0.4 is 16.3 Å². The molecule has 0 aliphatic carbocycles. The number of H-pyrrole nitrogens is 1. The fraction of sp³-hybridized carbons (Fsp3) is 0.333. The number of halogens is 1. The number of carbonyl (C=O) groups is 1. The maximum atomic E-state index is 13.2. The van der Waals surface area contributed by atoms with Gasteiger partial charge in [0.15, 0.2) is 11.7 Å². The van der Waals surface area contributed by atoms with Crippen LogP contribution in [0.1, 0.15) is 50.2 Å². The molecule has 10 nitrogen and oxygen atoms in total. The Morgan fingerprint density at radius 1 is 1.28 bits per heavy atom. The van der Waals surface area contributed by atoms with Crippen molar-refractivity contribution in [3.63, 3.8) is 0 Å². The van der Waals surface area contributed by atoms with E-state index in [1.807, 2.05) is 0 Å². The number of aliphatic imine (C=N–C) groups is 2. The van der Waals surface area contributed by atoms with Gasteiger partial charge in [-0.3, -0.25) is 19.6 Å². The van der Waals surface area contributed by atoms with Crippen molar-refractivity contribution in [3.05, 3.63) is 57.0 Å². The van der Waals surface area contributed by atoms with Crippen LogP contribution in [0.3, 0.4) is 0 Å². The summed E-state index contributed by atoms with van der Waals surface area (Å²) < 4.78 is 0. The number of nitrogens with one attached hydrogen (secondary N) is 3. The first-order valence-electron chi connectivity index (χ1n) is 10.4. The number of fused-ring (bicyclic) bond motifs is 2. The van der Waals surface area contributed by atoms with Gasteiger partial charge in [-0.1, -0.05) is 24.9 Å². The van der Waals surface area contributed by atoms with Gasteiger partial charge in [-0.15, -0.1) is 0 Å². The molecule has 0 radical (unpaired) electrons. The third kappa shape index (κ3) is 3.14. The van der Waals surface area contributed by atoms with Crippen LogP contribution in [0.2, 0.25) is 5.02 Å². The standard InChI is InChI=1S/C21H21ClN8O2/c1-3-4-5-12-18-24-10-25-30(18)9-13(26-12)16-27-17-15(19(31)28-16)21(2,20(32)29-17)14-7-6-11(22)8-23-14/h6-9,25H,3-5,10H2,1-2H3,(H2,27,28,29,31,32). The Morgan fingerprint density at radius 3 is 2.88 bits per heavy atom. The van der Waals surface area contributed by atoms with E-state index in [1.165, 1.54) is 6.20 Å². The third-order valence-electron chi connectivity index (χ3n) is 5.82. The molecule has 0 fully saturated rings. The molecule has 3 N–H and O–H groups in total. The average molecular weight is 453 g/mol. The monoisotopic (exact) mass is 452 g/mol. The lowest BCUT2D eigenvalue weighted by molar-refractivity contribution is -0.119. The first-order valence-corrected chi connectivity index (χ1v) is 10.7. The quantitative estimate of drug-likeness (QED) is 0.638. The number of hydrogen-bond acceptors (Lipinski definition) is 8. The fourth-order valence-electron chi connectivity index (χ4n) is 4.06. The first kappa shape index (κ1) is 20.5. The second-order valence-corrected chi connectivity index (χ2v) is 8.36. The Labute approximate surface area is 188 Å². The average Bonchev–Trinajstić information content (AvgIpc) is 3.35. The van der Waals surface area contributed by atoms with Crippen molar-refractivity contribution >= 4 is 40.6 Å². The summed E-state index contributed by atoms with van der Waals surface area (Å²) in [5.41, 5.74) is 3.37. The summed E-state index contributed by atoms with van der Waals surface area (Å²) in [6.07, 6.45) is 5.94. The van der Waals surface area contributed by atoms with E-state index >= 15 is 0 Å². The predicted molar refractivity (Wildman–Crippen MR) is 121 cm³/mol. The Bertz CT molecular complexity index is 1260. The molecule has 0 spiro atoms. The molecule has 2 aromatic heterocycles. The van der Waals surface area contributed by atoms with Crippen LogP contribution in [0.25, 0.3) is 5.70 Å². The van der Waals surface area contributed by atoms with Crippen LogP contribution in [-0.4, -0.2) is 44.1 Å². The number of hydrazine groups is 1. The molecular weight excluding hydrogens is 432 g/mol. The summed E-state index contributed by atoms with van der Waals surface area (Å²) in [7, 11) is 0. The lowest BCUT2D eigenvalue weighted by atomic mass is 9.81. The number of amides is 1. The van der Waals surface area contributed by atoms with Gasteiger partial charge in [0, 0.05) is 6.20 Å². The number of amidine groups is 1. The van der Waals surface area contributed by atoms with Crippen molar-refractivity contribution < 1.29 is 4.79 Å². The van der Waals surface area contributed by atoms with Crippen molar-refractivity contribution in [2.45, 2.75) is 38.5 Å². The van der Waals surface area contributed by atoms with E-state index in [0.29, 0.717) is 23.1 Å². The zero-order chi connectivity index (χ0) is 22.5. The minimum Gasteiger partial charge on any atom is -0.309 e. The molecule has 0 bridgehead atoms. The molecule has 32 heavy (non-hydrogen) atoms. The number of hydrogen-bond donors (Lipinski definition) is 3. The van der Waals surface area contributed by atoms with E-state index in [-0.39, 0.29) is 23.1 Å². The Kier molecular flexibility index (Phi) is 4.90. The highest BCUT2D eigenvalue weighted by Crippen LogP contribution is 2.39. The van der Waals surface area contributed by atoms with Crippen LogP contribution in [0.4, 0.5) is 5.82 Å². The minimum atomic E-state index is -1.29. The summed E-state index contributed by atoms with van der Waals surface area (Å²) in [6, 6.07) is 3.27. The predicted octanol–water partition coefficient (Wildman–Crippen LogP) is 2.20. The molecule has 2 aromatic rings. The lowest BCUT2D eigenvalue weighted by Gasteiger charge is -2.23. The van der Waals surface area contributed by atoms with Crippen molar-refractivity contribution in [2.24, 2.45) is 9.98 Å². The van der Waals surface area contributed by atoms with Gasteiger partial charge in [0.1, 0.15) is 23.6 Å². The third-order valence-corrected chi connectivity index (χ3v) is 6.04. The fourth-order valence-corrected chi connectivity index (χ4v) is 4.17. The van der Waals surface area contributed by atoms with Crippen LogP contribution in [0.15, 0.2) is 39.3 Å². The van der Waals surface area contributed by atoms with Crippen LogP contribution in [0, 0.1) is 0 Å². The number of nitrogens with zero attached hydrogens (tertiary/aromatic N) is 5. The zero-order valence-corrected chi connectivity index (χ0v) is 18.3. The maximum absolute atomic E-state index is 13.2. The van der Waals surface area contributed by atoms with Gasteiger partial charge < -0.3 is 10.3 Å². The Morgan fingerprint density at radius 2 is 2.12 bits per heavy atom. The van der Waals surface area contributed by atoms with E-state index in [0.717, 1.165) is 30.8 Å². The molecule has 1 unspecified atom stereocenters. The molecule has 11 heteroatoms. The molecule has 1 atom stereocenters. The van der Waals surface area contributed by atoms with Gasteiger partial charge in [0.25, 0.3) is 5.56 Å². The molecule has 1 amide bonds. The molecule has 164 valence electrons. The number of unbranched alkanes of at least 4 members (excludes halogenated alkanes) is 1. The molecule has 5 rings (SSSR count). The van der Waals surface area contributed by atoms with Crippen LogP contribution >= 0.6 is 11.6 Å². The van der Waals surface area contributed by atoms with E-state index in [4.69, 9.17) is 16.6 Å². The second-order valence-electron chi connectivity index (χ2n) is 7.92. The second kappa shape index (κ2) is 7.64. The van der Waals surface area contributed by atoms with E-state index in [2.05, 4.69) is 37.6 Å². The van der Waals surface area contributed by atoms with Crippen molar-refractivity contribution in [1.82, 2.24) is 25.4 Å². The first-order chi connectivity index (χ1) is 15.4. The molecule has 0 saturated heterocycles. The lowest BCUT2D eigenvalue weighted by Crippen LogP contribution is -2.39. The number of aromatic nitrogens is 3. The smallest absolute Gasteiger partial charge is 0.258 e. The summed E-state index contributed by atoms with van der Waals surface area (Å²) in [5.74, 6) is 0.871. The molecule has 5 heterocycles. The van der Waals surface area contributed by atoms with Crippen molar-refractivity contribution in [1.29, 1.82) is 0 Å². The van der Waals surface area contributed by atoms with Gasteiger partial charge in [0.05, 0.1) is 28.2 Å². The number of carbonyl (C=O) groups excluding carboxylic acids is 1. The van der Waals surface area contributed by atoms with Crippen LogP contribution in [0.5, 0.6) is 0 Å². The highest BCUT2D eigenvalue weighted by molar-refractivity contribution is 6.43. The van der Waals surface area contributed by atoms with Crippen LogP contribution in [-0.2, 0) is 10.2 Å². The SMILES string of the molecule is CCCCC1=NC(c2nc3c(c(=O)[nH]2)C(C)(c2ccc(Cl)cn2)C(=O)N3)=CN2NCN=C12. The largest absolute Gasteiger partial charge is 0.309 e. The van der Waals surface area contributed by atoms with Crippen molar-refractivity contribution in [2.75, 3.05) is 12.0 Å². The Balaban J connectivity index is 1.58. The number of pyridine rings is 1. The van der Waals surface area contributed by atoms with Gasteiger partial charge in [0.2, 0.25) is 5.91 Å². The summed E-state index contributed by atoms with van der Waals surface area (Å²) >= 11 is 5.94. The topological polar surface area (TPSA) is 128 Å². The van der Waals surface area contributed by atoms with Gasteiger partial charge in [-0.25, -0.2) is 20.4 Å². The number of rotatable bonds is 5. The maximum Gasteiger partial charge on any atom is 0.258 e. The van der Waals surface area contributed by atoms with E-state index in [1.54, 1.807) is 30.3 Å². The number of aromatic amines is 1. The molecule has 3 aliphatic rings. The van der Waals surface area contributed by atoms with Gasteiger partial charge >= 0.3 is 0 Å². The normalized spacial score (nSPS) is 21.5. The summed E-state index contributed by atoms with van der Waals surface area (Å²) in [6.45, 7) is 4.22. The minimum absolute atomic E-state index is 0.202. The summed E-state index contributed by atoms with van der Waals surface area (Å²) in [5, 5.41) is 4.98.